The molecular formula is C18H20N2OS. The summed E-state index contributed by atoms with van der Waals surface area (Å²) in [6.45, 7) is 6.14. The Balaban J connectivity index is 2.08. The van der Waals surface area contributed by atoms with E-state index >= 15 is 0 Å². The summed E-state index contributed by atoms with van der Waals surface area (Å²) in [6.07, 6.45) is 0. The maximum atomic E-state index is 12.2. The molecule has 2 rings (SSSR count). The maximum Gasteiger partial charge on any atom is 0.257 e. The summed E-state index contributed by atoms with van der Waals surface area (Å²) >= 11 is 5.26. The number of rotatable bonds is 3. The Labute approximate surface area is 136 Å². The number of aryl methyl sites for hydroxylation is 1. The van der Waals surface area contributed by atoms with E-state index in [1.807, 2.05) is 43.3 Å². The van der Waals surface area contributed by atoms with Crippen molar-refractivity contribution in [2.45, 2.75) is 26.7 Å². The quantitative estimate of drug-likeness (QED) is 0.833. The second-order valence-corrected chi connectivity index (χ2v) is 5.87. The lowest BCUT2D eigenvalue weighted by molar-refractivity contribution is 0.0977. The number of amides is 1. The van der Waals surface area contributed by atoms with Crippen LogP contribution < -0.4 is 10.6 Å². The first kappa shape index (κ1) is 16.2. The van der Waals surface area contributed by atoms with Gasteiger partial charge >= 0.3 is 0 Å². The van der Waals surface area contributed by atoms with Crippen LogP contribution in [0.3, 0.4) is 0 Å². The van der Waals surface area contributed by atoms with Crippen LogP contribution in [0.5, 0.6) is 0 Å². The number of hydrogen-bond donors (Lipinski definition) is 2. The monoisotopic (exact) mass is 312 g/mol. The van der Waals surface area contributed by atoms with Crippen molar-refractivity contribution in [1.82, 2.24) is 5.32 Å². The van der Waals surface area contributed by atoms with Gasteiger partial charge in [-0.3, -0.25) is 10.1 Å². The fraction of sp³-hybridized carbons (Fsp3) is 0.222. The molecule has 4 heteroatoms. The van der Waals surface area contributed by atoms with Gasteiger partial charge in [-0.2, -0.15) is 0 Å². The highest BCUT2D eigenvalue weighted by atomic mass is 32.1. The van der Waals surface area contributed by atoms with E-state index in [-0.39, 0.29) is 5.91 Å². The van der Waals surface area contributed by atoms with Gasteiger partial charge in [-0.1, -0.05) is 50.2 Å². The van der Waals surface area contributed by atoms with Crippen LogP contribution in [-0.4, -0.2) is 11.0 Å². The van der Waals surface area contributed by atoms with Crippen LogP contribution >= 0.6 is 12.2 Å². The molecule has 2 N–H and O–H groups in total. The van der Waals surface area contributed by atoms with Crippen molar-refractivity contribution in [2.24, 2.45) is 0 Å². The van der Waals surface area contributed by atoms with Crippen LogP contribution in [-0.2, 0) is 0 Å². The molecular weight excluding hydrogens is 292 g/mol. The average Bonchev–Trinajstić information content (AvgIpc) is 2.47. The number of hydrogen-bond acceptors (Lipinski definition) is 2. The van der Waals surface area contributed by atoms with Gasteiger partial charge in [0.25, 0.3) is 5.91 Å². The van der Waals surface area contributed by atoms with Crippen molar-refractivity contribution in [3.8, 4) is 0 Å². The SMILES string of the molecule is Cc1ccccc1C(=O)NC(=S)Nc1ccccc1C(C)C. The molecule has 0 saturated heterocycles. The van der Waals surface area contributed by atoms with Gasteiger partial charge in [0.2, 0.25) is 0 Å². The first-order valence-corrected chi connectivity index (χ1v) is 7.66. The van der Waals surface area contributed by atoms with E-state index in [1.165, 1.54) is 0 Å². The highest BCUT2D eigenvalue weighted by Gasteiger charge is 2.12. The van der Waals surface area contributed by atoms with E-state index in [1.54, 1.807) is 6.07 Å². The Bertz CT molecular complexity index is 695. The molecule has 0 unspecified atom stereocenters. The number of nitrogens with one attached hydrogen (secondary N) is 2. The van der Waals surface area contributed by atoms with Gasteiger partial charge in [0, 0.05) is 11.3 Å². The lowest BCUT2D eigenvalue weighted by atomic mass is 10.0. The molecule has 2 aromatic rings. The molecule has 0 atom stereocenters. The van der Waals surface area contributed by atoms with Gasteiger partial charge in [-0.15, -0.1) is 0 Å². The van der Waals surface area contributed by atoms with Gasteiger partial charge in [0.1, 0.15) is 0 Å². The molecule has 0 spiro atoms. The van der Waals surface area contributed by atoms with Crippen LogP contribution in [0.2, 0.25) is 0 Å². The number of anilines is 1. The Morgan fingerprint density at radius 1 is 1.05 bits per heavy atom. The minimum atomic E-state index is -0.197. The minimum absolute atomic E-state index is 0.197. The average molecular weight is 312 g/mol. The van der Waals surface area contributed by atoms with Crippen molar-refractivity contribution in [2.75, 3.05) is 5.32 Å². The van der Waals surface area contributed by atoms with E-state index in [0.717, 1.165) is 16.8 Å². The van der Waals surface area contributed by atoms with Gasteiger partial charge in [-0.25, -0.2) is 0 Å². The predicted molar refractivity (Wildman–Crippen MR) is 95.4 cm³/mol. The highest BCUT2D eigenvalue weighted by Crippen LogP contribution is 2.23. The van der Waals surface area contributed by atoms with Gasteiger partial charge in [0.15, 0.2) is 5.11 Å². The highest BCUT2D eigenvalue weighted by molar-refractivity contribution is 7.80. The Morgan fingerprint density at radius 2 is 1.68 bits per heavy atom. The second-order valence-electron chi connectivity index (χ2n) is 5.47. The molecule has 1 amide bonds. The van der Waals surface area contributed by atoms with Crippen molar-refractivity contribution in [3.63, 3.8) is 0 Å². The molecule has 22 heavy (non-hydrogen) atoms. The topological polar surface area (TPSA) is 41.1 Å². The summed E-state index contributed by atoms with van der Waals surface area (Å²) in [5, 5.41) is 6.15. The summed E-state index contributed by atoms with van der Waals surface area (Å²) in [6, 6.07) is 15.4. The van der Waals surface area contributed by atoms with E-state index in [2.05, 4.69) is 30.5 Å². The zero-order chi connectivity index (χ0) is 16.1. The molecule has 3 nitrogen and oxygen atoms in total. The number of carbonyl (C=O) groups is 1. The Hall–Kier alpha value is -2.20. The smallest absolute Gasteiger partial charge is 0.257 e. The number of benzene rings is 2. The predicted octanol–water partition coefficient (Wildman–Crippen LogP) is 4.25. The first-order valence-electron chi connectivity index (χ1n) is 7.26. The molecule has 0 heterocycles. The standard InChI is InChI=1S/C18H20N2OS/c1-12(2)14-9-6-7-11-16(14)19-18(22)20-17(21)15-10-5-4-8-13(15)3/h4-12H,1-3H3,(H2,19,20,21,22). The fourth-order valence-electron chi connectivity index (χ4n) is 2.27. The first-order chi connectivity index (χ1) is 10.5. The van der Waals surface area contributed by atoms with Gasteiger partial charge < -0.3 is 5.32 Å². The van der Waals surface area contributed by atoms with E-state index in [0.29, 0.717) is 16.6 Å². The van der Waals surface area contributed by atoms with Crippen molar-refractivity contribution in [3.05, 3.63) is 65.2 Å². The van der Waals surface area contributed by atoms with Crippen LogP contribution in [0.1, 0.15) is 41.3 Å². The zero-order valence-electron chi connectivity index (χ0n) is 13.0. The lowest BCUT2D eigenvalue weighted by Gasteiger charge is -2.15. The summed E-state index contributed by atoms with van der Waals surface area (Å²) < 4.78 is 0. The molecule has 0 saturated carbocycles. The molecule has 0 bridgehead atoms. The normalized spacial score (nSPS) is 10.4. The summed E-state index contributed by atoms with van der Waals surface area (Å²) in [7, 11) is 0. The maximum absolute atomic E-state index is 12.2. The molecule has 114 valence electrons. The fourth-order valence-corrected chi connectivity index (χ4v) is 2.47. The third kappa shape index (κ3) is 3.92. The molecule has 0 fully saturated rings. The molecule has 0 aromatic heterocycles. The third-order valence-corrected chi connectivity index (χ3v) is 3.65. The van der Waals surface area contributed by atoms with E-state index in [9.17, 15) is 4.79 Å². The molecule has 0 radical (unpaired) electrons. The van der Waals surface area contributed by atoms with Crippen molar-refractivity contribution < 1.29 is 4.79 Å². The molecule has 0 aliphatic rings. The summed E-state index contributed by atoms with van der Waals surface area (Å²) in [4.78, 5) is 12.2. The third-order valence-electron chi connectivity index (χ3n) is 3.45. The van der Waals surface area contributed by atoms with Crippen molar-refractivity contribution >= 4 is 28.9 Å². The van der Waals surface area contributed by atoms with Crippen LogP contribution in [0.4, 0.5) is 5.69 Å². The lowest BCUT2D eigenvalue weighted by Crippen LogP contribution is -2.34. The van der Waals surface area contributed by atoms with Crippen molar-refractivity contribution in [1.29, 1.82) is 0 Å². The van der Waals surface area contributed by atoms with Gasteiger partial charge in [0.05, 0.1) is 0 Å². The number of carbonyl (C=O) groups excluding carboxylic acids is 1. The van der Waals surface area contributed by atoms with Gasteiger partial charge in [-0.05, 0) is 48.3 Å². The Kier molecular flexibility index (Phi) is 5.28. The zero-order valence-corrected chi connectivity index (χ0v) is 13.8. The number of para-hydroxylation sites is 1. The molecule has 2 aromatic carbocycles. The van der Waals surface area contributed by atoms with Crippen LogP contribution in [0.15, 0.2) is 48.5 Å². The molecule has 0 aliphatic heterocycles. The van der Waals surface area contributed by atoms with E-state index in [4.69, 9.17) is 12.2 Å². The minimum Gasteiger partial charge on any atom is -0.332 e. The second kappa shape index (κ2) is 7.18. The van der Waals surface area contributed by atoms with Crippen LogP contribution in [0.25, 0.3) is 0 Å². The summed E-state index contributed by atoms with van der Waals surface area (Å²) in [5.41, 5.74) is 3.64. The molecule has 0 aliphatic carbocycles. The number of thiocarbonyl (C=S) groups is 1. The van der Waals surface area contributed by atoms with E-state index < -0.39 is 0 Å². The van der Waals surface area contributed by atoms with Crippen LogP contribution in [0, 0.1) is 6.92 Å². The summed E-state index contributed by atoms with van der Waals surface area (Å²) in [5.74, 6) is 0.177. The Morgan fingerprint density at radius 3 is 2.36 bits per heavy atom. The largest absolute Gasteiger partial charge is 0.332 e.